The lowest BCUT2D eigenvalue weighted by molar-refractivity contribution is -0.127. The van der Waals surface area contributed by atoms with E-state index in [4.69, 9.17) is 4.74 Å². The number of carbonyl (C=O) groups is 1. The first-order valence-corrected chi connectivity index (χ1v) is 4.86. The summed E-state index contributed by atoms with van der Waals surface area (Å²) < 4.78 is 5.18. The fraction of sp³-hybridized carbons (Fsp3) is 0.900. The molecule has 0 radical (unpaired) electrons. The van der Waals surface area contributed by atoms with Crippen LogP contribution in [0.1, 0.15) is 40.0 Å². The van der Waals surface area contributed by atoms with Gasteiger partial charge in [0.2, 0.25) is 0 Å². The predicted molar refractivity (Wildman–Crippen MR) is 50.2 cm³/mol. The van der Waals surface area contributed by atoms with Gasteiger partial charge in [-0.1, -0.05) is 20.8 Å². The number of hydrogen-bond donors (Lipinski definition) is 0. The van der Waals surface area contributed by atoms with Crippen molar-refractivity contribution in [1.82, 2.24) is 0 Å². The molecule has 0 heterocycles. The van der Waals surface area contributed by atoms with Crippen molar-refractivity contribution in [2.45, 2.75) is 40.0 Å². The van der Waals surface area contributed by atoms with Gasteiger partial charge >= 0.3 is 0 Å². The molecule has 0 saturated heterocycles. The van der Waals surface area contributed by atoms with E-state index >= 15 is 0 Å². The maximum absolute atomic E-state index is 11.4. The van der Waals surface area contributed by atoms with Gasteiger partial charge in [-0.3, -0.25) is 4.79 Å². The van der Waals surface area contributed by atoms with Gasteiger partial charge in [0, 0.05) is 12.5 Å². The van der Waals surface area contributed by atoms with E-state index < -0.39 is 0 Å². The van der Waals surface area contributed by atoms with Crippen LogP contribution in [0, 0.1) is 5.92 Å². The second kappa shape index (κ2) is 7.29. The van der Waals surface area contributed by atoms with Crippen LogP contribution in [0.3, 0.4) is 0 Å². The monoisotopic (exact) mass is 172 g/mol. The Morgan fingerprint density at radius 2 is 1.83 bits per heavy atom. The van der Waals surface area contributed by atoms with E-state index in [9.17, 15) is 4.79 Å². The first kappa shape index (κ1) is 11.6. The first-order valence-electron chi connectivity index (χ1n) is 4.86. The van der Waals surface area contributed by atoms with Crippen LogP contribution in [0.2, 0.25) is 0 Å². The van der Waals surface area contributed by atoms with E-state index in [0.717, 1.165) is 19.3 Å². The quantitative estimate of drug-likeness (QED) is 0.551. The molecule has 0 rings (SSSR count). The maximum atomic E-state index is 11.4. The molecule has 0 unspecified atom stereocenters. The molecular formula is C10H20O2. The highest BCUT2D eigenvalue weighted by Crippen LogP contribution is 2.08. The van der Waals surface area contributed by atoms with Gasteiger partial charge in [0.15, 0.2) is 5.78 Å². The summed E-state index contributed by atoms with van der Waals surface area (Å²) in [4.78, 5) is 11.4. The Bertz CT molecular complexity index is 117. The van der Waals surface area contributed by atoms with Gasteiger partial charge in [-0.2, -0.15) is 0 Å². The van der Waals surface area contributed by atoms with Gasteiger partial charge in [-0.15, -0.1) is 0 Å². The Morgan fingerprint density at radius 3 is 2.25 bits per heavy atom. The first-order chi connectivity index (χ1) is 5.76. The van der Waals surface area contributed by atoms with Crippen LogP contribution >= 0.6 is 0 Å². The van der Waals surface area contributed by atoms with Crippen LogP contribution < -0.4 is 0 Å². The van der Waals surface area contributed by atoms with Gasteiger partial charge in [0.25, 0.3) is 0 Å². The Labute approximate surface area is 75.3 Å². The summed E-state index contributed by atoms with van der Waals surface area (Å²) in [6, 6.07) is 0. The van der Waals surface area contributed by atoms with Crippen molar-refractivity contribution in [3.05, 3.63) is 0 Å². The average molecular weight is 172 g/mol. The SMILES string of the molecule is CCCOCC(=O)C(CC)CC. The summed E-state index contributed by atoms with van der Waals surface area (Å²) >= 11 is 0. The fourth-order valence-electron chi connectivity index (χ4n) is 1.18. The van der Waals surface area contributed by atoms with Crippen LogP contribution in [0.4, 0.5) is 0 Å². The summed E-state index contributed by atoms with van der Waals surface area (Å²) in [6.07, 6.45) is 2.85. The van der Waals surface area contributed by atoms with Crippen LogP contribution in [-0.4, -0.2) is 19.0 Å². The minimum atomic E-state index is 0.210. The third kappa shape index (κ3) is 4.50. The van der Waals surface area contributed by atoms with E-state index in [1.165, 1.54) is 0 Å². The lowest BCUT2D eigenvalue weighted by atomic mass is 9.99. The molecule has 0 saturated carbocycles. The molecule has 2 nitrogen and oxygen atoms in total. The second-order valence-corrected chi connectivity index (χ2v) is 3.03. The zero-order valence-electron chi connectivity index (χ0n) is 8.43. The van der Waals surface area contributed by atoms with Crippen molar-refractivity contribution in [3.8, 4) is 0 Å². The minimum Gasteiger partial charge on any atom is -0.374 e. The highest BCUT2D eigenvalue weighted by molar-refractivity contribution is 5.82. The van der Waals surface area contributed by atoms with E-state index in [1.807, 2.05) is 20.8 Å². The summed E-state index contributed by atoms with van der Waals surface area (Å²) in [5, 5.41) is 0. The summed E-state index contributed by atoms with van der Waals surface area (Å²) in [5.41, 5.74) is 0. The van der Waals surface area contributed by atoms with E-state index in [-0.39, 0.29) is 11.7 Å². The molecular weight excluding hydrogens is 152 g/mol. The Hall–Kier alpha value is -0.370. The Morgan fingerprint density at radius 1 is 1.25 bits per heavy atom. The topological polar surface area (TPSA) is 26.3 Å². The minimum absolute atomic E-state index is 0.210. The number of hydrogen-bond acceptors (Lipinski definition) is 2. The molecule has 0 aliphatic rings. The summed E-state index contributed by atoms with van der Waals surface area (Å²) in [7, 11) is 0. The van der Waals surface area contributed by atoms with Crippen LogP contribution in [0.15, 0.2) is 0 Å². The molecule has 0 aliphatic carbocycles. The fourth-order valence-corrected chi connectivity index (χ4v) is 1.18. The van der Waals surface area contributed by atoms with Crippen molar-refractivity contribution < 1.29 is 9.53 Å². The number of carbonyl (C=O) groups excluding carboxylic acids is 1. The van der Waals surface area contributed by atoms with Gasteiger partial charge < -0.3 is 4.74 Å². The normalized spacial score (nSPS) is 10.7. The summed E-state index contributed by atoms with van der Waals surface area (Å²) in [5.74, 6) is 0.468. The molecule has 0 bridgehead atoms. The lowest BCUT2D eigenvalue weighted by Crippen LogP contribution is -2.18. The standard InChI is InChI=1S/C10H20O2/c1-4-7-12-8-10(11)9(5-2)6-3/h9H,4-8H2,1-3H3. The van der Waals surface area contributed by atoms with Crippen molar-refractivity contribution >= 4 is 5.78 Å². The number of Topliss-reactive ketones (excluding diaryl/α,β-unsaturated/α-hetero) is 1. The number of rotatable bonds is 7. The molecule has 0 atom stereocenters. The number of ether oxygens (including phenoxy) is 1. The molecule has 0 N–H and O–H groups in total. The Kier molecular flexibility index (Phi) is 7.06. The molecule has 72 valence electrons. The molecule has 0 spiro atoms. The van der Waals surface area contributed by atoms with Crippen LogP contribution in [-0.2, 0) is 9.53 Å². The van der Waals surface area contributed by atoms with Crippen LogP contribution in [0.25, 0.3) is 0 Å². The zero-order valence-corrected chi connectivity index (χ0v) is 8.43. The van der Waals surface area contributed by atoms with Crippen molar-refractivity contribution in [3.63, 3.8) is 0 Å². The predicted octanol–water partition coefficient (Wildman–Crippen LogP) is 2.42. The molecule has 2 heteroatoms. The molecule has 12 heavy (non-hydrogen) atoms. The largest absolute Gasteiger partial charge is 0.374 e. The van der Waals surface area contributed by atoms with Crippen molar-refractivity contribution in [2.24, 2.45) is 5.92 Å². The van der Waals surface area contributed by atoms with Gasteiger partial charge in [0.05, 0.1) is 0 Å². The molecule has 0 aromatic carbocycles. The molecule has 0 aliphatic heterocycles. The van der Waals surface area contributed by atoms with Gasteiger partial charge in [-0.25, -0.2) is 0 Å². The molecule has 0 aromatic heterocycles. The molecule has 0 aromatic rings. The average Bonchev–Trinajstić information content (AvgIpc) is 2.07. The second-order valence-electron chi connectivity index (χ2n) is 3.03. The van der Waals surface area contributed by atoms with Crippen molar-refractivity contribution in [2.75, 3.05) is 13.2 Å². The molecule has 0 amide bonds. The Balaban J connectivity index is 3.54. The number of ketones is 1. The highest BCUT2D eigenvalue weighted by atomic mass is 16.5. The van der Waals surface area contributed by atoms with E-state index in [0.29, 0.717) is 13.2 Å². The van der Waals surface area contributed by atoms with E-state index in [1.54, 1.807) is 0 Å². The smallest absolute Gasteiger partial charge is 0.161 e. The van der Waals surface area contributed by atoms with Gasteiger partial charge in [-0.05, 0) is 19.3 Å². The summed E-state index contributed by atoms with van der Waals surface area (Å²) in [6.45, 7) is 7.14. The van der Waals surface area contributed by atoms with Gasteiger partial charge in [0.1, 0.15) is 6.61 Å². The maximum Gasteiger partial charge on any atom is 0.161 e. The van der Waals surface area contributed by atoms with Crippen molar-refractivity contribution in [1.29, 1.82) is 0 Å². The van der Waals surface area contributed by atoms with E-state index in [2.05, 4.69) is 0 Å². The van der Waals surface area contributed by atoms with Crippen LogP contribution in [0.5, 0.6) is 0 Å². The highest BCUT2D eigenvalue weighted by Gasteiger charge is 2.13. The zero-order chi connectivity index (χ0) is 9.40. The lowest BCUT2D eigenvalue weighted by Gasteiger charge is -2.10. The third-order valence-electron chi connectivity index (χ3n) is 2.03. The third-order valence-corrected chi connectivity index (χ3v) is 2.03. The molecule has 0 fully saturated rings.